The number of fused-ring (bicyclic) bond motifs is 1. The Morgan fingerprint density at radius 3 is 2.66 bits per heavy atom. The van der Waals surface area contributed by atoms with Crippen LogP contribution >= 0.6 is 8.18 Å². The smallest absolute Gasteiger partial charge is 0.327 e. The topological polar surface area (TPSA) is 171 Å². The number of hydroxylamine groups is 1. The van der Waals surface area contributed by atoms with Gasteiger partial charge in [0.1, 0.15) is 47.4 Å². The summed E-state index contributed by atoms with van der Waals surface area (Å²) in [5.41, 5.74) is 4.56. The number of ether oxygens (including phenoxy) is 2. The number of nitrogen functional groups attached to an aromatic ring is 1. The molecule has 3 aromatic rings. The molecule has 0 spiro atoms. The molecular formula is C24H32N5O8P. The molecule has 0 aliphatic carbocycles. The van der Waals surface area contributed by atoms with Gasteiger partial charge in [-0.1, -0.05) is 23.0 Å². The highest BCUT2D eigenvalue weighted by Crippen LogP contribution is 2.42. The monoisotopic (exact) mass is 549 g/mol. The number of aromatic nitrogens is 3. The van der Waals surface area contributed by atoms with Gasteiger partial charge in [-0.2, -0.15) is 0 Å². The van der Waals surface area contributed by atoms with E-state index in [-0.39, 0.29) is 12.4 Å². The van der Waals surface area contributed by atoms with E-state index in [2.05, 4.69) is 9.97 Å². The summed E-state index contributed by atoms with van der Waals surface area (Å²) in [7, 11) is -3.22. The Morgan fingerprint density at radius 2 is 1.97 bits per heavy atom. The lowest BCUT2D eigenvalue weighted by atomic mass is 9.96. The van der Waals surface area contributed by atoms with Crippen LogP contribution in [0.25, 0.3) is 11.0 Å². The number of nitrogens with zero attached hydrogens (tertiary/aromatic N) is 4. The Labute approximate surface area is 220 Å². The van der Waals surface area contributed by atoms with Crippen LogP contribution in [0.15, 0.2) is 48.9 Å². The summed E-state index contributed by atoms with van der Waals surface area (Å²) in [5.74, 6) is -0.0626. The van der Waals surface area contributed by atoms with Gasteiger partial charge < -0.3 is 39.3 Å². The van der Waals surface area contributed by atoms with Gasteiger partial charge in [-0.25, -0.2) is 9.97 Å². The van der Waals surface area contributed by atoms with Gasteiger partial charge in [0.15, 0.2) is 6.23 Å². The highest BCUT2D eigenvalue weighted by Gasteiger charge is 2.53. The fraction of sp³-hybridized carbons (Fsp3) is 0.458. The van der Waals surface area contributed by atoms with Gasteiger partial charge in [0.2, 0.25) is 0 Å². The van der Waals surface area contributed by atoms with Crippen LogP contribution < -0.4 is 10.6 Å². The first-order valence-electron chi connectivity index (χ1n) is 12.0. The SMILES string of the molecule is CC(C)OC(=O)C(C)N(Oc1ccccc1)[P@@H](=O)OC[C@H]1O[C@@H](n2ccc3c(N)ncnc32)[C@](C)(O)[C@@H]1O. The van der Waals surface area contributed by atoms with E-state index in [0.29, 0.717) is 16.8 Å². The number of anilines is 1. The largest absolute Gasteiger partial charge is 0.462 e. The van der Waals surface area contributed by atoms with Crippen molar-refractivity contribution in [3.63, 3.8) is 0 Å². The van der Waals surface area contributed by atoms with Crippen LogP contribution in [0.4, 0.5) is 5.82 Å². The Balaban J connectivity index is 1.50. The number of carbonyl (C=O) groups is 1. The molecule has 1 fully saturated rings. The summed E-state index contributed by atoms with van der Waals surface area (Å²) >= 11 is 0. The summed E-state index contributed by atoms with van der Waals surface area (Å²) in [4.78, 5) is 27.4. The molecule has 1 unspecified atom stereocenters. The molecule has 0 saturated carbocycles. The minimum atomic E-state index is -3.22. The Morgan fingerprint density at radius 1 is 1.26 bits per heavy atom. The number of hydrogen-bond acceptors (Lipinski definition) is 11. The van der Waals surface area contributed by atoms with E-state index < -0.39 is 50.3 Å². The molecule has 1 aliphatic rings. The van der Waals surface area contributed by atoms with Crippen LogP contribution in [0.1, 0.15) is 33.9 Å². The second kappa shape index (κ2) is 11.4. The third-order valence-electron chi connectivity index (χ3n) is 6.09. The van der Waals surface area contributed by atoms with Crippen LogP contribution in [-0.2, 0) is 23.4 Å². The van der Waals surface area contributed by atoms with Crippen LogP contribution in [0, 0.1) is 0 Å². The molecule has 206 valence electrons. The van der Waals surface area contributed by atoms with Gasteiger partial charge in [0, 0.05) is 6.20 Å². The molecule has 3 heterocycles. The number of para-hydroxylation sites is 1. The van der Waals surface area contributed by atoms with E-state index in [1.54, 1.807) is 56.4 Å². The maximum Gasteiger partial charge on any atom is 0.327 e. The fourth-order valence-corrected chi connectivity index (χ4v) is 5.11. The predicted octanol–water partition coefficient (Wildman–Crippen LogP) is 2.07. The maximum absolute atomic E-state index is 13.2. The second-order valence-corrected chi connectivity index (χ2v) is 10.6. The van der Waals surface area contributed by atoms with Crippen molar-refractivity contribution in [2.45, 2.75) is 63.9 Å². The van der Waals surface area contributed by atoms with Crippen molar-refractivity contribution in [3.8, 4) is 5.75 Å². The molecule has 4 rings (SSSR count). The number of hydrogen-bond donors (Lipinski definition) is 3. The molecule has 0 radical (unpaired) electrons. The molecule has 0 bridgehead atoms. The number of aliphatic hydroxyl groups excluding tert-OH is 1. The van der Waals surface area contributed by atoms with Gasteiger partial charge in [0.05, 0.1) is 18.1 Å². The zero-order chi connectivity index (χ0) is 27.6. The lowest BCUT2D eigenvalue weighted by Crippen LogP contribution is -2.44. The maximum atomic E-state index is 13.2. The average Bonchev–Trinajstić information content (AvgIpc) is 3.40. The minimum Gasteiger partial charge on any atom is -0.462 e. The van der Waals surface area contributed by atoms with Crippen molar-refractivity contribution in [3.05, 3.63) is 48.9 Å². The van der Waals surface area contributed by atoms with E-state index in [9.17, 15) is 19.6 Å². The highest BCUT2D eigenvalue weighted by atomic mass is 31.1. The van der Waals surface area contributed by atoms with Crippen LogP contribution in [0.3, 0.4) is 0 Å². The molecule has 1 aromatic carbocycles. The van der Waals surface area contributed by atoms with Gasteiger partial charge in [0.25, 0.3) is 8.18 Å². The zero-order valence-corrected chi connectivity index (χ0v) is 22.4. The summed E-state index contributed by atoms with van der Waals surface area (Å²) in [5, 5.41) is 22.5. The van der Waals surface area contributed by atoms with Crippen molar-refractivity contribution < 1.29 is 38.4 Å². The summed E-state index contributed by atoms with van der Waals surface area (Å²) < 4.78 is 31.5. The first-order valence-corrected chi connectivity index (χ1v) is 13.3. The number of rotatable bonds is 10. The van der Waals surface area contributed by atoms with Crippen molar-refractivity contribution in [1.82, 2.24) is 19.4 Å². The van der Waals surface area contributed by atoms with Crippen molar-refractivity contribution in [2.75, 3.05) is 12.3 Å². The standard InChI is InChI=1S/C24H32N5O8P/c1-14(2)35-22(31)15(3)29(37-16-8-6-5-7-9-16)38(33)34-12-18-19(30)24(4,32)23(36-18)28-11-10-17-20(25)26-13-27-21(17)28/h5-11,13-15,18-19,23,30,32,38H,12H2,1-4H3,(H2,25,26,27)/t15?,18-,19-,23-,24-/m1/s1. The molecule has 4 N–H and O–H groups in total. The van der Waals surface area contributed by atoms with E-state index in [1.165, 1.54) is 24.7 Å². The molecule has 2 aromatic heterocycles. The normalized spacial score (nSPS) is 25.1. The Kier molecular flexibility index (Phi) is 8.36. The lowest BCUT2D eigenvalue weighted by molar-refractivity contribution is -0.159. The van der Waals surface area contributed by atoms with Gasteiger partial charge in [-0.3, -0.25) is 9.36 Å². The van der Waals surface area contributed by atoms with Crippen molar-refractivity contribution >= 4 is 31.0 Å². The van der Waals surface area contributed by atoms with Gasteiger partial charge >= 0.3 is 5.97 Å². The lowest BCUT2D eigenvalue weighted by Gasteiger charge is -2.28. The first kappa shape index (κ1) is 28.0. The summed E-state index contributed by atoms with van der Waals surface area (Å²) in [6.07, 6.45) is -1.03. The number of nitrogens with two attached hydrogens (primary N) is 1. The molecule has 6 atom stereocenters. The van der Waals surface area contributed by atoms with E-state index in [0.717, 1.165) is 4.83 Å². The molecule has 1 saturated heterocycles. The Bertz CT molecular complexity index is 1290. The molecule has 0 amide bonds. The molecular weight excluding hydrogens is 517 g/mol. The number of carbonyl (C=O) groups excluding carboxylic acids is 1. The van der Waals surface area contributed by atoms with E-state index >= 15 is 0 Å². The van der Waals surface area contributed by atoms with Crippen molar-refractivity contribution in [1.29, 1.82) is 0 Å². The molecule has 1 aliphatic heterocycles. The van der Waals surface area contributed by atoms with Gasteiger partial charge in [-0.15, -0.1) is 0 Å². The predicted molar refractivity (Wildman–Crippen MR) is 137 cm³/mol. The third-order valence-corrected chi connectivity index (χ3v) is 7.34. The van der Waals surface area contributed by atoms with Crippen LogP contribution in [-0.4, -0.2) is 72.1 Å². The number of aliphatic hydroxyl groups is 2. The Hall–Kier alpha value is -3.06. The second-order valence-electron chi connectivity index (χ2n) is 9.39. The van der Waals surface area contributed by atoms with Crippen LogP contribution in [0.2, 0.25) is 0 Å². The summed E-state index contributed by atoms with van der Waals surface area (Å²) in [6.45, 7) is 5.91. The molecule has 38 heavy (non-hydrogen) atoms. The van der Waals surface area contributed by atoms with Gasteiger partial charge in [-0.05, 0) is 45.9 Å². The van der Waals surface area contributed by atoms with Crippen LogP contribution in [0.5, 0.6) is 5.75 Å². The number of esters is 1. The molecule has 14 heteroatoms. The highest BCUT2D eigenvalue weighted by molar-refractivity contribution is 7.36. The fourth-order valence-electron chi connectivity index (χ4n) is 4.07. The van der Waals surface area contributed by atoms with Crippen molar-refractivity contribution in [2.24, 2.45) is 0 Å². The minimum absolute atomic E-state index is 0.258. The quantitative estimate of drug-likeness (QED) is 0.191. The number of benzene rings is 1. The third kappa shape index (κ3) is 5.68. The van der Waals surface area contributed by atoms with E-state index in [1.807, 2.05) is 0 Å². The van der Waals surface area contributed by atoms with E-state index in [4.69, 9.17) is 24.6 Å². The summed E-state index contributed by atoms with van der Waals surface area (Å²) in [6, 6.07) is 9.08. The average molecular weight is 550 g/mol. The molecule has 13 nitrogen and oxygen atoms in total. The zero-order valence-electron chi connectivity index (χ0n) is 21.4. The first-order chi connectivity index (χ1) is 18.0.